The van der Waals surface area contributed by atoms with Crippen molar-refractivity contribution in [2.45, 2.75) is 41.4 Å². The van der Waals surface area contributed by atoms with Gasteiger partial charge in [0.1, 0.15) is 11.1 Å². The van der Waals surface area contributed by atoms with Gasteiger partial charge in [0.25, 0.3) is 0 Å². The first kappa shape index (κ1) is 39.4. The van der Waals surface area contributed by atoms with Crippen LogP contribution in [0, 0.1) is 11.3 Å². The first-order chi connectivity index (χ1) is 25.2. The number of amides is 1. The molecule has 20 heteroatoms. The highest BCUT2D eigenvalue weighted by Crippen LogP contribution is 2.39. The van der Waals surface area contributed by atoms with E-state index in [2.05, 4.69) is 14.7 Å². The molecule has 5 aromatic rings. The van der Waals surface area contributed by atoms with Gasteiger partial charge in [-0.3, -0.25) is 9.52 Å². The molecule has 4 aromatic carbocycles. The van der Waals surface area contributed by atoms with Crippen molar-refractivity contribution >= 4 is 43.0 Å². The number of sulfonamides is 2. The highest BCUT2D eigenvalue weighted by atomic mass is 32.2. The zero-order chi connectivity index (χ0) is 39.6. The molecule has 2 heterocycles. The van der Waals surface area contributed by atoms with Crippen LogP contribution in [-0.4, -0.2) is 50.0 Å². The zero-order valence-corrected chi connectivity index (χ0v) is 28.7. The lowest BCUT2D eigenvalue weighted by molar-refractivity contribution is -0.192. The Kier molecular flexibility index (Phi) is 10.9. The standard InChI is InChI=1S/C32H24F3N5O5S2.C2HF3O2/c33-32(34,35)25-16-23(13-14-24(25)21-9-7-20(18-36)8-10-21)46(42,43)39-28(31-37-26-3-1-2-4-27(26)38-31)15-19-5-11-22(12-6-19)29-17-30(41)40-47(29,44)45;3-2(4,5)1(6)7/h1-14,16,28-29,39H,15,17H2,(H,37,38)(H,40,41);(H,6,7)/t28-,29?;/m0./s1. The van der Waals surface area contributed by atoms with Gasteiger partial charge in [-0.05, 0) is 65.1 Å². The van der Waals surface area contributed by atoms with Crippen LogP contribution in [0.5, 0.6) is 0 Å². The Morgan fingerprint density at radius 2 is 1.61 bits per heavy atom. The number of H-pyrrole nitrogens is 1. The summed E-state index contributed by atoms with van der Waals surface area (Å²) in [5.74, 6) is -3.16. The summed E-state index contributed by atoms with van der Waals surface area (Å²) in [5.41, 5.74) is 1.06. The summed E-state index contributed by atoms with van der Waals surface area (Å²) in [6.07, 6.45) is -10.2. The predicted octanol–water partition coefficient (Wildman–Crippen LogP) is 5.91. The monoisotopic (exact) mass is 793 g/mol. The third-order valence-electron chi connectivity index (χ3n) is 8.00. The third kappa shape index (κ3) is 9.05. The van der Waals surface area contributed by atoms with Crippen LogP contribution in [0.3, 0.4) is 0 Å². The molecule has 2 atom stereocenters. The van der Waals surface area contributed by atoms with Crippen LogP contribution in [0.25, 0.3) is 22.2 Å². The van der Waals surface area contributed by atoms with Crippen molar-refractivity contribution < 1.29 is 57.9 Å². The van der Waals surface area contributed by atoms with Gasteiger partial charge < -0.3 is 10.1 Å². The van der Waals surface area contributed by atoms with Gasteiger partial charge in [-0.25, -0.2) is 31.3 Å². The van der Waals surface area contributed by atoms with Crippen molar-refractivity contribution in [3.05, 3.63) is 119 Å². The van der Waals surface area contributed by atoms with Crippen molar-refractivity contribution in [2.75, 3.05) is 0 Å². The number of carbonyl (C=O) groups excluding carboxylic acids is 1. The summed E-state index contributed by atoms with van der Waals surface area (Å²) in [5, 5.41) is 15.1. The minimum Gasteiger partial charge on any atom is -0.475 e. The quantitative estimate of drug-likeness (QED) is 0.138. The number of para-hydroxylation sites is 2. The Labute approximate surface area is 302 Å². The van der Waals surface area contributed by atoms with E-state index < -0.39 is 66.0 Å². The van der Waals surface area contributed by atoms with E-state index in [0.717, 1.165) is 12.1 Å². The molecule has 1 unspecified atom stereocenters. The summed E-state index contributed by atoms with van der Waals surface area (Å²) < 4.78 is 131. The number of aliphatic carboxylic acids is 1. The molecule has 1 fully saturated rings. The van der Waals surface area contributed by atoms with Crippen LogP contribution < -0.4 is 9.44 Å². The van der Waals surface area contributed by atoms with Crippen molar-refractivity contribution in [3.8, 4) is 17.2 Å². The molecule has 4 N–H and O–H groups in total. The number of carboxylic acid groups (broad SMARTS) is 1. The molecule has 1 saturated heterocycles. The highest BCUT2D eigenvalue weighted by Gasteiger charge is 2.39. The maximum Gasteiger partial charge on any atom is 0.490 e. The van der Waals surface area contributed by atoms with E-state index in [1.54, 1.807) is 36.4 Å². The smallest absolute Gasteiger partial charge is 0.475 e. The predicted molar refractivity (Wildman–Crippen MR) is 179 cm³/mol. The molecule has 1 aromatic heterocycles. The third-order valence-corrected chi connectivity index (χ3v) is 11.2. The van der Waals surface area contributed by atoms with Crippen LogP contribution >= 0.6 is 0 Å². The number of rotatable bonds is 8. The molecule has 282 valence electrons. The number of hydrogen-bond donors (Lipinski definition) is 4. The van der Waals surface area contributed by atoms with Crippen molar-refractivity contribution in [3.63, 3.8) is 0 Å². The highest BCUT2D eigenvalue weighted by molar-refractivity contribution is 7.90. The number of nitrogens with one attached hydrogen (secondary N) is 3. The number of imidazole rings is 1. The molecule has 54 heavy (non-hydrogen) atoms. The number of nitrogens with zero attached hydrogens (tertiary/aromatic N) is 2. The van der Waals surface area contributed by atoms with Gasteiger partial charge in [0, 0.05) is 0 Å². The maximum atomic E-state index is 14.3. The number of benzene rings is 4. The second-order valence-electron chi connectivity index (χ2n) is 11.7. The lowest BCUT2D eigenvalue weighted by Gasteiger charge is -2.19. The second-order valence-corrected chi connectivity index (χ2v) is 15.3. The number of carboxylic acids is 1. The van der Waals surface area contributed by atoms with Crippen LogP contribution in [0.1, 0.15) is 45.8 Å². The first-order valence-electron chi connectivity index (χ1n) is 15.3. The van der Waals surface area contributed by atoms with E-state index in [1.165, 1.54) is 36.4 Å². The Hall–Kier alpha value is -5.78. The fourth-order valence-corrected chi connectivity index (χ4v) is 8.09. The van der Waals surface area contributed by atoms with E-state index in [0.29, 0.717) is 28.2 Å². The molecule has 0 saturated carbocycles. The Bertz CT molecular complexity index is 2450. The number of aromatic amines is 1. The molecule has 1 aliphatic rings. The minimum absolute atomic E-state index is 0.0105. The average molecular weight is 794 g/mol. The number of alkyl halides is 6. The van der Waals surface area contributed by atoms with E-state index in [4.69, 9.17) is 15.2 Å². The number of carbonyl (C=O) groups is 2. The van der Waals surface area contributed by atoms with E-state index in [-0.39, 0.29) is 35.4 Å². The second kappa shape index (κ2) is 14.9. The molecular weight excluding hydrogens is 769 g/mol. The number of nitriles is 1. The first-order valence-corrected chi connectivity index (χ1v) is 18.3. The van der Waals surface area contributed by atoms with E-state index in [1.807, 2.05) is 10.8 Å². The van der Waals surface area contributed by atoms with Crippen molar-refractivity contribution in [2.24, 2.45) is 0 Å². The van der Waals surface area contributed by atoms with Crippen LogP contribution in [0.2, 0.25) is 0 Å². The Morgan fingerprint density at radius 3 is 2.15 bits per heavy atom. The molecule has 12 nitrogen and oxygen atoms in total. The number of fused-ring (bicyclic) bond motifs is 1. The molecule has 0 bridgehead atoms. The van der Waals surface area contributed by atoms with Gasteiger partial charge in [0.05, 0.1) is 45.6 Å². The summed E-state index contributed by atoms with van der Waals surface area (Å²) in [4.78, 5) is 27.5. The fourth-order valence-electron chi connectivity index (χ4n) is 5.44. The maximum absolute atomic E-state index is 14.3. The molecule has 0 spiro atoms. The van der Waals surface area contributed by atoms with Crippen LogP contribution in [0.4, 0.5) is 26.3 Å². The number of aromatic nitrogens is 2. The lowest BCUT2D eigenvalue weighted by atomic mass is 9.98. The summed E-state index contributed by atoms with van der Waals surface area (Å²) in [7, 11) is -8.45. The molecule has 6 rings (SSSR count). The van der Waals surface area contributed by atoms with Gasteiger partial charge in [0.2, 0.25) is 26.0 Å². The van der Waals surface area contributed by atoms with Crippen molar-refractivity contribution in [1.29, 1.82) is 5.26 Å². The summed E-state index contributed by atoms with van der Waals surface area (Å²) in [6, 6.07) is 22.2. The van der Waals surface area contributed by atoms with Gasteiger partial charge in [-0.1, -0.05) is 54.6 Å². The zero-order valence-electron chi connectivity index (χ0n) is 27.1. The van der Waals surface area contributed by atoms with Crippen LogP contribution in [0.15, 0.2) is 95.9 Å². The molecule has 0 radical (unpaired) electrons. The topological polar surface area (TPSA) is 199 Å². The number of hydrogen-bond acceptors (Lipinski definition) is 8. The molecule has 0 aliphatic carbocycles. The molecular formula is C34H25F6N5O7S2. The summed E-state index contributed by atoms with van der Waals surface area (Å²) in [6.45, 7) is 0. The number of halogens is 6. The van der Waals surface area contributed by atoms with Gasteiger partial charge >= 0.3 is 18.3 Å². The lowest BCUT2D eigenvalue weighted by Crippen LogP contribution is -2.31. The Morgan fingerprint density at radius 1 is 0.981 bits per heavy atom. The van der Waals surface area contributed by atoms with Crippen molar-refractivity contribution in [1.82, 2.24) is 19.4 Å². The van der Waals surface area contributed by atoms with Gasteiger partial charge in [-0.2, -0.15) is 31.6 Å². The summed E-state index contributed by atoms with van der Waals surface area (Å²) >= 11 is 0. The van der Waals surface area contributed by atoms with E-state index in [9.17, 15) is 48.0 Å². The van der Waals surface area contributed by atoms with E-state index >= 15 is 0 Å². The SMILES string of the molecule is N#Cc1ccc(-c2ccc(S(=O)(=O)N[C@@H](Cc3ccc(C4CC(=O)NS4(=O)=O)cc3)c3nc4ccccc4[nH]3)cc2C(F)(F)F)cc1.O=C(O)C(F)(F)F. The fraction of sp³-hybridized carbons (Fsp3) is 0.176. The largest absolute Gasteiger partial charge is 0.490 e. The van der Waals surface area contributed by atoms with Gasteiger partial charge in [0.15, 0.2) is 0 Å². The van der Waals surface area contributed by atoms with Gasteiger partial charge in [-0.15, -0.1) is 0 Å². The normalized spacial score (nSPS) is 16.2. The minimum atomic E-state index is -5.08. The molecule has 1 amide bonds. The average Bonchev–Trinajstić information content (AvgIpc) is 3.66. The Balaban J connectivity index is 0.000000730. The van der Waals surface area contributed by atoms with Crippen LogP contribution in [-0.2, 0) is 42.2 Å². The molecule has 1 aliphatic heterocycles.